The standard InChI is InChI=1S/C14H12N2O6/c1-20-7-10(14(18)22-19)9-4-2-3-5-11(9)21-13-6-12(17)15-8-16-13/h2-8,19H,1H3,(H,15,16,17)/b10-7-. The third-order valence-corrected chi connectivity index (χ3v) is 2.58. The first kappa shape index (κ1) is 15.3. The second kappa shape index (κ2) is 7.04. The second-order valence-electron chi connectivity index (χ2n) is 3.99. The van der Waals surface area contributed by atoms with E-state index in [1.165, 1.54) is 13.4 Å². The van der Waals surface area contributed by atoms with Crippen molar-refractivity contribution in [2.45, 2.75) is 0 Å². The van der Waals surface area contributed by atoms with Gasteiger partial charge in [0.25, 0.3) is 5.56 Å². The molecule has 8 nitrogen and oxygen atoms in total. The highest BCUT2D eigenvalue weighted by molar-refractivity contribution is 6.16. The van der Waals surface area contributed by atoms with Gasteiger partial charge in [-0.15, -0.1) is 0 Å². The highest BCUT2D eigenvalue weighted by atomic mass is 17.1. The predicted molar refractivity (Wildman–Crippen MR) is 75.1 cm³/mol. The minimum Gasteiger partial charge on any atom is -0.503 e. The van der Waals surface area contributed by atoms with Crippen LogP contribution in [0.25, 0.3) is 5.57 Å². The van der Waals surface area contributed by atoms with Gasteiger partial charge in [-0.3, -0.25) is 9.68 Å². The summed E-state index contributed by atoms with van der Waals surface area (Å²) in [7, 11) is 1.34. The van der Waals surface area contributed by atoms with Crippen molar-refractivity contribution >= 4 is 11.5 Å². The van der Waals surface area contributed by atoms with Crippen molar-refractivity contribution in [1.29, 1.82) is 0 Å². The zero-order valence-electron chi connectivity index (χ0n) is 11.5. The molecule has 8 heteroatoms. The number of carbonyl (C=O) groups excluding carboxylic acids is 1. The smallest absolute Gasteiger partial charge is 0.376 e. The van der Waals surface area contributed by atoms with Crippen molar-refractivity contribution in [3.8, 4) is 11.6 Å². The number of ether oxygens (including phenoxy) is 2. The average molecular weight is 304 g/mol. The van der Waals surface area contributed by atoms with Crippen molar-refractivity contribution in [2.75, 3.05) is 7.11 Å². The Hall–Kier alpha value is -3.13. The van der Waals surface area contributed by atoms with Crippen LogP contribution in [-0.2, 0) is 14.4 Å². The lowest BCUT2D eigenvalue weighted by atomic mass is 10.1. The topological polar surface area (TPSA) is 111 Å². The van der Waals surface area contributed by atoms with Crippen LogP contribution in [0.4, 0.5) is 0 Å². The van der Waals surface area contributed by atoms with Crippen molar-refractivity contribution in [1.82, 2.24) is 9.97 Å². The summed E-state index contributed by atoms with van der Waals surface area (Å²) in [5.41, 5.74) is -0.152. The van der Waals surface area contributed by atoms with Gasteiger partial charge in [0.05, 0.1) is 25.8 Å². The molecule has 0 amide bonds. The van der Waals surface area contributed by atoms with Gasteiger partial charge in [-0.2, -0.15) is 5.26 Å². The number of nitrogens with one attached hydrogen (secondary N) is 1. The molecule has 0 saturated carbocycles. The number of aromatic amines is 1. The van der Waals surface area contributed by atoms with E-state index in [9.17, 15) is 9.59 Å². The van der Waals surface area contributed by atoms with Gasteiger partial charge < -0.3 is 14.5 Å². The molecule has 22 heavy (non-hydrogen) atoms. The largest absolute Gasteiger partial charge is 0.503 e. The van der Waals surface area contributed by atoms with E-state index in [0.29, 0.717) is 5.56 Å². The number of carbonyl (C=O) groups is 1. The normalized spacial score (nSPS) is 10.9. The predicted octanol–water partition coefficient (Wildman–Crippen LogP) is 1.57. The lowest BCUT2D eigenvalue weighted by Gasteiger charge is -2.11. The molecule has 2 N–H and O–H groups in total. The summed E-state index contributed by atoms with van der Waals surface area (Å²) < 4.78 is 10.3. The maximum atomic E-state index is 11.6. The zero-order chi connectivity index (χ0) is 15.9. The van der Waals surface area contributed by atoms with Crippen LogP contribution < -0.4 is 10.3 Å². The Bertz CT molecular complexity index is 753. The van der Waals surface area contributed by atoms with Gasteiger partial charge in [-0.05, 0) is 6.07 Å². The molecule has 0 atom stereocenters. The summed E-state index contributed by atoms with van der Waals surface area (Å²) in [5, 5.41) is 8.57. The minimum absolute atomic E-state index is 0.0466. The number of H-pyrrole nitrogens is 1. The molecule has 2 aromatic rings. The Morgan fingerprint density at radius 1 is 1.36 bits per heavy atom. The van der Waals surface area contributed by atoms with Gasteiger partial charge >= 0.3 is 5.97 Å². The van der Waals surface area contributed by atoms with Gasteiger partial charge in [-0.1, -0.05) is 18.2 Å². The summed E-state index contributed by atoms with van der Waals surface area (Å²) in [4.78, 5) is 32.8. The highest BCUT2D eigenvalue weighted by Gasteiger charge is 2.19. The molecule has 0 aliphatic carbocycles. The molecule has 0 radical (unpaired) electrons. The Morgan fingerprint density at radius 2 is 2.14 bits per heavy atom. The zero-order valence-corrected chi connectivity index (χ0v) is 11.5. The number of nitrogens with zero attached hydrogens (tertiary/aromatic N) is 1. The Kier molecular flexibility index (Phi) is 4.89. The van der Waals surface area contributed by atoms with Crippen LogP contribution >= 0.6 is 0 Å². The van der Waals surface area contributed by atoms with E-state index in [1.54, 1.807) is 24.3 Å². The van der Waals surface area contributed by atoms with Crippen molar-refractivity contribution in [3.05, 3.63) is 58.8 Å². The molecule has 0 bridgehead atoms. The number of aromatic nitrogens is 2. The Morgan fingerprint density at radius 3 is 2.82 bits per heavy atom. The average Bonchev–Trinajstić information content (AvgIpc) is 2.53. The van der Waals surface area contributed by atoms with Gasteiger partial charge in [0.1, 0.15) is 11.3 Å². The van der Waals surface area contributed by atoms with Crippen molar-refractivity contribution in [3.63, 3.8) is 0 Å². The number of methoxy groups -OCH3 is 1. The Labute approximate surface area is 124 Å². The molecule has 0 spiro atoms. The van der Waals surface area contributed by atoms with Crippen LogP contribution in [-0.4, -0.2) is 28.3 Å². The molecule has 2 rings (SSSR count). The monoisotopic (exact) mass is 304 g/mol. The number of hydrogen-bond acceptors (Lipinski definition) is 7. The molecule has 0 aliphatic rings. The third-order valence-electron chi connectivity index (χ3n) is 2.58. The number of hydrogen-bond donors (Lipinski definition) is 2. The summed E-state index contributed by atoms with van der Waals surface area (Å²) in [6.45, 7) is 0. The fourth-order valence-corrected chi connectivity index (χ4v) is 1.69. The molecule has 0 aliphatic heterocycles. The van der Waals surface area contributed by atoms with Crippen LogP contribution in [0.3, 0.4) is 0 Å². The Balaban J connectivity index is 2.43. The lowest BCUT2D eigenvalue weighted by Crippen LogP contribution is -2.07. The minimum atomic E-state index is -1.02. The van der Waals surface area contributed by atoms with Gasteiger partial charge in [-0.25, -0.2) is 9.78 Å². The summed E-state index contributed by atoms with van der Waals surface area (Å²) in [6.07, 6.45) is 2.29. The number of rotatable bonds is 5. The van der Waals surface area contributed by atoms with Crippen LogP contribution in [0.15, 0.2) is 47.7 Å². The van der Waals surface area contributed by atoms with E-state index in [2.05, 4.69) is 14.9 Å². The van der Waals surface area contributed by atoms with E-state index in [0.717, 1.165) is 12.3 Å². The molecular formula is C14H12N2O6. The number of benzene rings is 1. The summed E-state index contributed by atoms with van der Waals surface area (Å²) >= 11 is 0. The highest BCUT2D eigenvalue weighted by Crippen LogP contribution is 2.29. The van der Waals surface area contributed by atoms with Crippen LogP contribution in [0, 0.1) is 0 Å². The van der Waals surface area contributed by atoms with Gasteiger partial charge in [0, 0.05) is 5.56 Å². The van der Waals surface area contributed by atoms with E-state index in [-0.39, 0.29) is 22.8 Å². The molecule has 1 heterocycles. The molecule has 1 aromatic carbocycles. The first-order valence-corrected chi connectivity index (χ1v) is 6.06. The second-order valence-corrected chi connectivity index (χ2v) is 3.99. The van der Waals surface area contributed by atoms with Crippen molar-refractivity contribution in [2.24, 2.45) is 0 Å². The maximum absolute atomic E-state index is 11.6. The van der Waals surface area contributed by atoms with Gasteiger partial charge in [0.15, 0.2) is 0 Å². The quantitative estimate of drug-likeness (QED) is 0.373. The van der Waals surface area contributed by atoms with Gasteiger partial charge in [0.2, 0.25) is 5.88 Å². The first-order valence-electron chi connectivity index (χ1n) is 6.06. The molecule has 0 unspecified atom stereocenters. The van der Waals surface area contributed by atoms with Crippen molar-refractivity contribution < 1.29 is 24.4 Å². The van der Waals surface area contributed by atoms with E-state index >= 15 is 0 Å². The molecular weight excluding hydrogens is 292 g/mol. The lowest BCUT2D eigenvalue weighted by molar-refractivity contribution is -0.226. The van der Waals surface area contributed by atoms with E-state index < -0.39 is 5.97 Å². The maximum Gasteiger partial charge on any atom is 0.376 e. The fourth-order valence-electron chi connectivity index (χ4n) is 1.69. The van der Waals surface area contributed by atoms with Crippen LogP contribution in [0.1, 0.15) is 5.56 Å². The molecule has 114 valence electrons. The fraction of sp³-hybridized carbons (Fsp3) is 0.0714. The molecule has 1 aromatic heterocycles. The molecule has 0 fully saturated rings. The third kappa shape index (κ3) is 3.49. The number of para-hydroxylation sites is 1. The molecule has 0 saturated heterocycles. The first-order chi connectivity index (χ1) is 10.7. The summed E-state index contributed by atoms with van der Waals surface area (Å²) in [5.74, 6) is -0.739. The van der Waals surface area contributed by atoms with Crippen LogP contribution in [0.5, 0.6) is 11.6 Å². The van der Waals surface area contributed by atoms with E-state index in [4.69, 9.17) is 14.7 Å². The van der Waals surface area contributed by atoms with Crippen LogP contribution in [0.2, 0.25) is 0 Å². The SMILES string of the molecule is CO/C=C(\C(=O)OO)c1ccccc1Oc1cc(=O)[nH]cn1. The summed E-state index contributed by atoms with van der Waals surface area (Å²) in [6, 6.07) is 7.60. The van der Waals surface area contributed by atoms with E-state index in [1.807, 2.05) is 0 Å².